The third-order valence-corrected chi connectivity index (χ3v) is 5.94. The Labute approximate surface area is 164 Å². The average molecular weight is 406 g/mol. The van der Waals surface area contributed by atoms with Crippen molar-refractivity contribution in [1.29, 1.82) is 0 Å². The van der Waals surface area contributed by atoms with Gasteiger partial charge in [-0.05, 0) is 50.6 Å². The third kappa shape index (κ3) is 4.34. The number of aryl methyl sites for hydroxylation is 1. The number of sulfonamides is 1. The second-order valence-corrected chi connectivity index (χ2v) is 8.71. The van der Waals surface area contributed by atoms with E-state index in [1.807, 2.05) is 13.8 Å². The van der Waals surface area contributed by atoms with E-state index in [0.717, 1.165) is 0 Å². The Morgan fingerprint density at radius 3 is 2.43 bits per heavy atom. The van der Waals surface area contributed by atoms with Gasteiger partial charge in [-0.2, -0.15) is 0 Å². The molecule has 3 rings (SSSR count). The Bertz CT molecular complexity index is 983. The van der Waals surface area contributed by atoms with Crippen LogP contribution in [-0.4, -0.2) is 44.5 Å². The van der Waals surface area contributed by atoms with Crippen LogP contribution in [0.3, 0.4) is 0 Å². The maximum absolute atomic E-state index is 13.8. The van der Waals surface area contributed by atoms with Crippen LogP contribution in [-0.2, 0) is 14.8 Å². The molecule has 2 aromatic rings. The van der Waals surface area contributed by atoms with Gasteiger partial charge >= 0.3 is 0 Å². The second-order valence-electron chi connectivity index (χ2n) is 7.03. The molecule has 0 aliphatic carbocycles. The molecule has 1 aliphatic heterocycles. The van der Waals surface area contributed by atoms with Crippen molar-refractivity contribution in [3.63, 3.8) is 0 Å². The number of rotatable bonds is 4. The van der Waals surface area contributed by atoms with Crippen molar-refractivity contribution in [2.75, 3.05) is 17.8 Å². The van der Waals surface area contributed by atoms with Gasteiger partial charge in [-0.25, -0.2) is 12.8 Å². The van der Waals surface area contributed by atoms with Gasteiger partial charge in [0, 0.05) is 18.7 Å². The lowest BCUT2D eigenvalue weighted by Gasteiger charge is -2.35. The lowest BCUT2D eigenvalue weighted by atomic mass is 10.1. The van der Waals surface area contributed by atoms with E-state index in [4.69, 9.17) is 4.74 Å². The zero-order valence-electron chi connectivity index (χ0n) is 16.0. The summed E-state index contributed by atoms with van der Waals surface area (Å²) in [5, 5.41) is 0. The van der Waals surface area contributed by atoms with Crippen LogP contribution < -0.4 is 4.72 Å². The summed E-state index contributed by atoms with van der Waals surface area (Å²) in [7, 11) is -4.05. The molecule has 8 heteroatoms. The van der Waals surface area contributed by atoms with Crippen molar-refractivity contribution in [2.45, 2.75) is 37.9 Å². The van der Waals surface area contributed by atoms with E-state index < -0.39 is 15.8 Å². The summed E-state index contributed by atoms with van der Waals surface area (Å²) in [6.45, 7) is 6.41. The predicted molar refractivity (Wildman–Crippen MR) is 104 cm³/mol. The van der Waals surface area contributed by atoms with Gasteiger partial charge in [0.15, 0.2) is 0 Å². The average Bonchev–Trinajstić information content (AvgIpc) is 2.62. The lowest BCUT2D eigenvalue weighted by molar-refractivity contribution is -0.0586. The number of halogens is 1. The highest BCUT2D eigenvalue weighted by atomic mass is 32.2. The topological polar surface area (TPSA) is 75.7 Å². The van der Waals surface area contributed by atoms with Crippen molar-refractivity contribution < 1.29 is 22.3 Å². The summed E-state index contributed by atoms with van der Waals surface area (Å²) in [5.74, 6) is -0.923. The molecule has 0 aromatic heterocycles. The summed E-state index contributed by atoms with van der Waals surface area (Å²) >= 11 is 0. The summed E-state index contributed by atoms with van der Waals surface area (Å²) in [5.41, 5.74) is 0.825. The van der Waals surface area contributed by atoms with Crippen LogP contribution >= 0.6 is 0 Å². The van der Waals surface area contributed by atoms with Gasteiger partial charge in [-0.1, -0.05) is 18.2 Å². The fraction of sp³-hybridized carbons (Fsp3) is 0.350. The number of nitrogens with zero attached hydrogens (tertiary/aromatic N) is 1. The van der Waals surface area contributed by atoms with Gasteiger partial charge in [0.05, 0.1) is 22.8 Å². The minimum atomic E-state index is -4.05. The smallest absolute Gasteiger partial charge is 0.262 e. The molecular formula is C20H23FN2O4S. The molecular weight excluding hydrogens is 383 g/mol. The largest absolute Gasteiger partial charge is 0.372 e. The minimum absolute atomic E-state index is 0.0948. The third-order valence-electron chi connectivity index (χ3n) is 4.57. The Morgan fingerprint density at radius 2 is 1.79 bits per heavy atom. The minimum Gasteiger partial charge on any atom is -0.372 e. The van der Waals surface area contributed by atoms with Crippen LogP contribution in [0.2, 0.25) is 0 Å². The summed E-state index contributed by atoms with van der Waals surface area (Å²) in [6.07, 6.45) is -0.190. The zero-order chi connectivity index (χ0) is 20.5. The van der Waals surface area contributed by atoms with E-state index in [2.05, 4.69) is 4.72 Å². The van der Waals surface area contributed by atoms with Gasteiger partial charge in [0.25, 0.3) is 15.9 Å². The number of anilines is 1. The highest BCUT2D eigenvalue weighted by molar-refractivity contribution is 7.92. The number of nitrogens with one attached hydrogen (secondary N) is 1. The molecule has 0 bridgehead atoms. The summed E-state index contributed by atoms with van der Waals surface area (Å²) in [6, 6.07) is 9.83. The van der Waals surface area contributed by atoms with E-state index in [0.29, 0.717) is 24.2 Å². The van der Waals surface area contributed by atoms with Crippen LogP contribution in [0.15, 0.2) is 47.4 Å². The molecule has 0 radical (unpaired) electrons. The SMILES string of the molecule is Cc1ccc(S(=O)(=O)Nc2ccccc2F)cc1C(=O)N1CC(C)OC(C)C1. The van der Waals surface area contributed by atoms with Crippen LogP contribution in [0.5, 0.6) is 0 Å². The number of morpholine rings is 1. The van der Waals surface area contributed by atoms with Crippen molar-refractivity contribution >= 4 is 21.6 Å². The van der Waals surface area contributed by atoms with Crippen LogP contribution in [0.4, 0.5) is 10.1 Å². The normalized spacial score (nSPS) is 20.1. The second kappa shape index (κ2) is 7.89. The molecule has 1 amide bonds. The molecule has 2 atom stereocenters. The molecule has 28 heavy (non-hydrogen) atoms. The Morgan fingerprint density at radius 1 is 1.14 bits per heavy atom. The number of hydrogen-bond donors (Lipinski definition) is 1. The van der Waals surface area contributed by atoms with E-state index in [9.17, 15) is 17.6 Å². The van der Waals surface area contributed by atoms with Gasteiger partial charge in [0.1, 0.15) is 5.82 Å². The standard InChI is InChI=1S/C20H23FN2O4S/c1-13-8-9-16(28(25,26)22-19-7-5-4-6-18(19)21)10-17(13)20(24)23-11-14(2)27-15(3)12-23/h4-10,14-15,22H,11-12H2,1-3H3. The number of benzene rings is 2. The number of hydrogen-bond acceptors (Lipinski definition) is 4. The van der Waals surface area contributed by atoms with E-state index >= 15 is 0 Å². The van der Waals surface area contributed by atoms with Crippen molar-refractivity contribution in [2.24, 2.45) is 0 Å². The van der Waals surface area contributed by atoms with Crippen molar-refractivity contribution in [3.05, 3.63) is 59.4 Å². The highest BCUT2D eigenvalue weighted by Crippen LogP contribution is 2.23. The van der Waals surface area contributed by atoms with Crippen LogP contribution in [0.25, 0.3) is 0 Å². The Kier molecular flexibility index (Phi) is 5.71. The van der Waals surface area contributed by atoms with Gasteiger partial charge in [-0.3, -0.25) is 9.52 Å². The number of amides is 1. The highest BCUT2D eigenvalue weighted by Gasteiger charge is 2.28. The quantitative estimate of drug-likeness (QED) is 0.846. The molecule has 2 aromatic carbocycles. The molecule has 1 heterocycles. The summed E-state index contributed by atoms with van der Waals surface area (Å²) < 4.78 is 47.1. The molecule has 6 nitrogen and oxygen atoms in total. The number of ether oxygens (including phenoxy) is 1. The molecule has 1 fully saturated rings. The first-order chi connectivity index (χ1) is 13.2. The monoisotopic (exact) mass is 406 g/mol. The van der Waals surface area contributed by atoms with Crippen LogP contribution in [0.1, 0.15) is 29.8 Å². The molecule has 1 saturated heterocycles. The van der Waals surface area contributed by atoms with E-state index in [-0.39, 0.29) is 28.7 Å². The first kappa shape index (κ1) is 20.3. The van der Waals surface area contributed by atoms with E-state index in [1.165, 1.54) is 36.4 Å². The number of carbonyl (C=O) groups excluding carboxylic acids is 1. The molecule has 2 unspecified atom stereocenters. The fourth-order valence-electron chi connectivity index (χ4n) is 3.26. The number of para-hydroxylation sites is 1. The molecule has 0 saturated carbocycles. The number of carbonyl (C=O) groups is 1. The van der Waals surface area contributed by atoms with Gasteiger partial charge in [-0.15, -0.1) is 0 Å². The van der Waals surface area contributed by atoms with Gasteiger partial charge < -0.3 is 9.64 Å². The van der Waals surface area contributed by atoms with Crippen molar-refractivity contribution in [1.82, 2.24) is 4.90 Å². The molecule has 1 aliphatic rings. The van der Waals surface area contributed by atoms with Crippen LogP contribution in [0, 0.1) is 12.7 Å². The molecule has 1 N–H and O–H groups in total. The van der Waals surface area contributed by atoms with E-state index in [1.54, 1.807) is 17.9 Å². The van der Waals surface area contributed by atoms with Crippen molar-refractivity contribution in [3.8, 4) is 0 Å². The molecule has 150 valence electrons. The first-order valence-electron chi connectivity index (χ1n) is 9.00. The Balaban J connectivity index is 1.90. The predicted octanol–water partition coefficient (Wildman–Crippen LogP) is 3.18. The van der Waals surface area contributed by atoms with Gasteiger partial charge in [0.2, 0.25) is 0 Å². The maximum atomic E-state index is 13.8. The lowest BCUT2D eigenvalue weighted by Crippen LogP contribution is -2.48. The Hall–Kier alpha value is -2.45. The molecule has 0 spiro atoms. The fourth-order valence-corrected chi connectivity index (χ4v) is 4.35. The first-order valence-corrected chi connectivity index (χ1v) is 10.5. The summed E-state index contributed by atoms with van der Waals surface area (Å²) in [4.78, 5) is 14.6. The maximum Gasteiger partial charge on any atom is 0.262 e. The zero-order valence-corrected chi connectivity index (χ0v) is 16.8.